The zero-order valence-corrected chi connectivity index (χ0v) is 16.3. The molecular formula is C19H27N3O5. The lowest BCUT2D eigenvalue weighted by atomic mass is 10.0. The molecule has 8 nitrogen and oxygen atoms in total. The Morgan fingerprint density at radius 2 is 1.63 bits per heavy atom. The predicted molar refractivity (Wildman–Crippen MR) is 99.9 cm³/mol. The Bertz CT molecular complexity index is 680. The van der Waals surface area contributed by atoms with E-state index in [1.807, 2.05) is 0 Å². The summed E-state index contributed by atoms with van der Waals surface area (Å²) >= 11 is 0. The highest BCUT2D eigenvalue weighted by molar-refractivity contribution is 5.98. The van der Waals surface area contributed by atoms with Crippen LogP contribution in [0.2, 0.25) is 0 Å². The number of ether oxygens (including phenoxy) is 1. The number of carbonyl (C=O) groups excluding carboxylic acids is 4. The minimum absolute atomic E-state index is 0.252. The van der Waals surface area contributed by atoms with Crippen LogP contribution in [0.3, 0.4) is 0 Å². The van der Waals surface area contributed by atoms with E-state index in [1.54, 1.807) is 65.0 Å². The molecule has 27 heavy (non-hydrogen) atoms. The van der Waals surface area contributed by atoms with Crippen molar-refractivity contribution in [3.63, 3.8) is 0 Å². The second-order valence-electron chi connectivity index (χ2n) is 7.42. The minimum atomic E-state index is -0.922. The Morgan fingerprint density at radius 1 is 1.04 bits per heavy atom. The summed E-state index contributed by atoms with van der Waals surface area (Å²) < 4.78 is 4.95. The molecule has 0 aliphatic rings. The highest BCUT2D eigenvalue weighted by Gasteiger charge is 2.27. The van der Waals surface area contributed by atoms with E-state index in [0.717, 1.165) is 0 Å². The molecule has 1 aromatic carbocycles. The standard InChI is InChI=1S/C19H27N3O5/c1-12(2)15(21-16(24)13-9-7-6-8-10-13)17(25)27-11-14(23)20-18(26)22-19(3,4)5/h6-10,12,15H,11H2,1-5H3,(H,21,24)(H2,20,22,23,26). The molecule has 8 heteroatoms. The Labute approximate surface area is 159 Å². The molecule has 4 amide bonds. The summed E-state index contributed by atoms with van der Waals surface area (Å²) in [7, 11) is 0. The fraction of sp³-hybridized carbons (Fsp3) is 0.474. The van der Waals surface area contributed by atoms with Crippen LogP contribution in [-0.2, 0) is 14.3 Å². The number of esters is 1. The molecule has 1 aromatic rings. The third kappa shape index (κ3) is 8.35. The van der Waals surface area contributed by atoms with Gasteiger partial charge in [-0.25, -0.2) is 9.59 Å². The Morgan fingerprint density at radius 3 is 2.15 bits per heavy atom. The Balaban J connectivity index is 2.57. The Hall–Kier alpha value is -2.90. The number of hydrogen-bond donors (Lipinski definition) is 3. The van der Waals surface area contributed by atoms with Gasteiger partial charge >= 0.3 is 12.0 Å². The van der Waals surface area contributed by atoms with Crippen molar-refractivity contribution in [3.05, 3.63) is 35.9 Å². The van der Waals surface area contributed by atoms with Gasteiger partial charge in [-0.05, 0) is 38.8 Å². The van der Waals surface area contributed by atoms with E-state index < -0.39 is 42.0 Å². The van der Waals surface area contributed by atoms with E-state index in [0.29, 0.717) is 5.56 Å². The molecule has 3 N–H and O–H groups in total. The van der Waals surface area contributed by atoms with Gasteiger partial charge in [0, 0.05) is 11.1 Å². The third-order valence-electron chi connectivity index (χ3n) is 3.33. The summed E-state index contributed by atoms with van der Waals surface area (Å²) in [6, 6.07) is 6.85. The lowest BCUT2D eigenvalue weighted by Gasteiger charge is -2.21. The first-order chi connectivity index (χ1) is 12.5. The van der Waals surface area contributed by atoms with Gasteiger partial charge in [-0.1, -0.05) is 32.0 Å². The fourth-order valence-electron chi connectivity index (χ4n) is 2.07. The molecule has 0 aromatic heterocycles. The second-order valence-corrected chi connectivity index (χ2v) is 7.42. The molecular weight excluding hydrogens is 350 g/mol. The van der Waals surface area contributed by atoms with Crippen LogP contribution in [0.25, 0.3) is 0 Å². The number of amides is 4. The van der Waals surface area contributed by atoms with Gasteiger partial charge in [0.05, 0.1) is 0 Å². The van der Waals surface area contributed by atoms with Crippen molar-refractivity contribution >= 4 is 23.8 Å². The molecule has 0 bridgehead atoms. The zero-order chi connectivity index (χ0) is 20.6. The first-order valence-corrected chi connectivity index (χ1v) is 8.64. The Kier molecular flexibility index (Phi) is 7.96. The molecule has 148 valence electrons. The van der Waals surface area contributed by atoms with E-state index in [1.165, 1.54) is 0 Å². The van der Waals surface area contributed by atoms with Crippen LogP contribution in [0, 0.1) is 5.92 Å². The van der Waals surface area contributed by atoms with Crippen molar-refractivity contribution in [1.29, 1.82) is 0 Å². The first kappa shape index (κ1) is 22.1. The second kappa shape index (κ2) is 9.70. The van der Waals surface area contributed by atoms with Gasteiger partial charge in [-0.15, -0.1) is 0 Å². The number of carbonyl (C=O) groups is 4. The average Bonchev–Trinajstić information content (AvgIpc) is 2.56. The number of urea groups is 1. The molecule has 0 radical (unpaired) electrons. The van der Waals surface area contributed by atoms with Crippen molar-refractivity contribution < 1.29 is 23.9 Å². The van der Waals surface area contributed by atoms with Crippen LogP contribution in [0.4, 0.5) is 4.79 Å². The maximum absolute atomic E-state index is 12.3. The van der Waals surface area contributed by atoms with E-state index in [4.69, 9.17) is 4.74 Å². The highest BCUT2D eigenvalue weighted by Crippen LogP contribution is 2.07. The minimum Gasteiger partial charge on any atom is -0.454 e. The number of imide groups is 1. The molecule has 1 unspecified atom stereocenters. The number of nitrogens with one attached hydrogen (secondary N) is 3. The SMILES string of the molecule is CC(C)C(NC(=O)c1ccccc1)C(=O)OCC(=O)NC(=O)NC(C)(C)C. The lowest BCUT2D eigenvalue weighted by molar-refractivity contribution is -0.151. The molecule has 0 heterocycles. The lowest BCUT2D eigenvalue weighted by Crippen LogP contribution is -2.50. The molecule has 0 fully saturated rings. The largest absolute Gasteiger partial charge is 0.454 e. The summed E-state index contributed by atoms with van der Waals surface area (Å²) in [6.07, 6.45) is 0. The van der Waals surface area contributed by atoms with Crippen LogP contribution < -0.4 is 16.0 Å². The maximum Gasteiger partial charge on any atom is 0.329 e. The first-order valence-electron chi connectivity index (χ1n) is 8.64. The van der Waals surface area contributed by atoms with Crippen LogP contribution in [-0.4, -0.2) is 42.0 Å². The third-order valence-corrected chi connectivity index (χ3v) is 3.33. The van der Waals surface area contributed by atoms with Crippen LogP contribution in [0.5, 0.6) is 0 Å². The van der Waals surface area contributed by atoms with Crippen molar-refractivity contribution in [2.75, 3.05) is 6.61 Å². The summed E-state index contributed by atoms with van der Waals surface area (Å²) in [5, 5.41) is 7.23. The van der Waals surface area contributed by atoms with E-state index in [9.17, 15) is 19.2 Å². The van der Waals surface area contributed by atoms with Crippen LogP contribution in [0.15, 0.2) is 30.3 Å². The fourth-order valence-corrected chi connectivity index (χ4v) is 2.07. The van der Waals surface area contributed by atoms with E-state index in [-0.39, 0.29) is 5.92 Å². The molecule has 0 saturated heterocycles. The summed E-state index contributed by atoms with van der Waals surface area (Å²) in [5.74, 6) is -2.18. The number of rotatable bonds is 6. The van der Waals surface area contributed by atoms with Gasteiger partial charge < -0.3 is 15.4 Å². The molecule has 0 aliphatic heterocycles. The van der Waals surface area contributed by atoms with Gasteiger partial charge in [0.25, 0.3) is 11.8 Å². The van der Waals surface area contributed by atoms with Crippen molar-refractivity contribution in [2.24, 2.45) is 5.92 Å². The maximum atomic E-state index is 12.3. The summed E-state index contributed by atoms with van der Waals surface area (Å²) in [4.78, 5) is 47.8. The highest BCUT2D eigenvalue weighted by atomic mass is 16.5. The quantitative estimate of drug-likeness (QED) is 0.652. The zero-order valence-electron chi connectivity index (χ0n) is 16.3. The smallest absolute Gasteiger partial charge is 0.329 e. The van der Waals surface area contributed by atoms with Gasteiger partial charge in [0.15, 0.2) is 6.61 Å². The summed E-state index contributed by atoms with van der Waals surface area (Å²) in [5.41, 5.74) is -0.0987. The van der Waals surface area contributed by atoms with Crippen molar-refractivity contribution in [2.45, 2.75) is 46.2 Å². The molecule has 1 rings (SSSR count). The van der Waals surface area contributed by atoms with Crippen LogP contribution >= 0.6 is 0 Å². The number of benzene rings is 1. The monoisotopic (exact) mass is 377 g/mol. The van der Waals surface area contributed by atoms with Crippen molar-refractivity contribution in [3.8, 4) is 0 Å². The van der Waals surface area contributed by atoms with E-state index >= 15 is 0 Å². The molecule has 0 aliphatic carbocycles. The predicted octanol–water partition coefficient (Wildman–Crippen LogP) is 1.61. The van der Waals surface area contributed by atoms with Gasteiger partial charge in [0.1, 0.15) is 6.04 Å². The average molecular weight is 377 g/mol. The molecule has 0 saturated carbocycles. The summed E-state index contributed by atoms with van der Waals surface area (Å²) in [6.45, 7) is 8.15. The topological polar surface area (TPSA) is 114 Å². The molecule has 0 spiro atoms. The van der Waals surface area contributed by atoms with Gasteiger partial charge in [-0.3, -0.25) is 14.9 Å². The van der Waals surface area contributed by atoms with Crippen molar-refractivity contribution in [1.82, 2.24) is 16.0 Å². The van der Waals surface area contributed by atoms with Gasteiger partial charge in [-0.2, -0.15) is 0 Å². The van der Waals surface area contributed by atoms with Crippen LogP contribution in [0.1, 0.15) is 45.0 Å². The van der Waals surface area contributed by atoms with E-state index in [2.05, 4.69) is 16.0 Å². The molecule has 1 atom stereocenters. The normalized spacial score (nSPS) is 12.1. The van der Waals surface area contributed by atoms with Gasteiger partial charge in [0.2, 0.25) is 0 Å². The number of hydrogen-bond acceptors (Lipinski definition) is 5.